The smallest absolute Gasteiger partial charge is 0.290 e. The zero-order valence-corrected chi connectivity index (χ0v) is 15.8. The van der Waals surface area contributed by atoms with Gasteiger partial charge < -0.3 is 9.84 Å². The molecule has 0 spiro atoms. The van der Waals surface area contributed by atoms with Gasteiger partial charge >= 0.3 is 0 Å². The molecule has 7 nitrogen and oxygen atoms in total. The van der Waals surface area contributed by atoms with E-state index < -0.39 is 0 Å². The lowest BCUT2D eigenvalue weighted by Crippen LogP contribution is -2.20. The summed E-state index contributed by atoms with van der Waals surface area (Å²) >= 11 is 3.39. The molecule has 2 N–H and O–H groups in total. The normalized spacial score (nSPS) is 11.2. The Morgan fingerprint density at radius 1 is 1.42 bits per heavy atom. The highest BCUT2D eigenvalue weighted by molar-refractivity contribution is 9.10. The molecule has 3 rings (SSSR count). The highest BCUT2D eigenvalue weighted by Gasteiger charge is 2.16. The van der Waals surface area contributed by atoms with Gasteiger partial charge in [-0.05, 0) is 65.7 Å². The quantitative estimate of drug-likeness (QED) is 0.493. The van der Waals surface area contributed by atoms with Crippen molar-refractivity contribution in [3.63, 3.8) is 0 Å². The summed E-state index contributed by atoms with van der Waals surface area (Å²) in [5, 5.41) is 13.7. The number of phenolic OH excluding ortho intramolecular Hbond substituents is 1. The number of benzene rings is 1. The SMILES string of the molecule is CCOc1cc(/C=N\NC(=O)c2c(C)nc3ccc(Br)cn23)ccc1O. The number of hydrogen-bond acceptors (Lipinski definition) is 5. The molecule has 3 aromatic rings. The van der Waals surface area contributed by atoms with Crippen molar-refractivity contribution < 1.29 is 14.6 Å². The molecular weight excluding hydrogens is 400 g/mol. The molecule has 1 amide bonds. The lowest BCUT2D eigenvalue weighted by molar-refractivity contribution is 0.0948. The lowest BCUT2D eigenvalue weighted by atomic mass is 10.2. The van der Waals surface area contributed by atoms with Gasteiger partial charge in [0, 0.05) is 10.7 Å². The summed E-state index contributed by atoms with van der Waals surface area (Å²) in [5.41, 5.74) is 4.89. The van der Waals surface area contributed by atoms with Crippen molar-refractivity contribution in [3.05, 3.63) is 58.0 Å². The van der Waals surface area contributed by atoms with Crippen LogP contribution in [-0.4, -0.2) is 33.2 Å². The van der Waals surface area contributed by atoms with Crippen LogP contribution in [0.5, 0.6) is 11.5 Å². The molecule has 0 aliphatic carbocycles. The first-order chi connectivity index (χ1) is 12.5. The van der Waals surface area contributed by atoms with Crippen LogP contribution in [-0.2, 0) is 0 Å². The number of imidazole rings is 1. The van der Waals surface area contributed by atoms with E-state index in [0.717, 1.165) is 4.47 Å². The van der Waals surface area contributed by atoms with E-state index in [2.05, 4.69) is 31.4 Å². The van der Waals surface area contributed by atoms with Crippen LogP contribution in [0, 0.1) is 6.92 Å². The number of phenols is 1. The second-order valence-electron chi connectivity index (χ2n) is 5.48. The number of nitrogens with one attached hydrogen (secondary N) is 1. The third-order valence-corrected chi connectivity index (χ3v) is 4.10. The number of nitrogens with zero attached hydrogens (tertiary/aromatic N) is 3. The Kier molecular flexibility index (Phi) is 5.22. The van der Waals surface area contributed by atoms with Crippen LogP contribution in [0.4, 0.5) is 0 Å². The summed E-state index contributed by atoms with van der Waals surface area (Å²) in [5.74, 6) is 0.0541. The Bertz CT molecular complexity index is 998. The largest absolute Gasteiger partial charge is 0.504 e. The fourth-order valence-corrected chi connectivity index (χ4v) is 2.85. The first-order valence-electron chi connectivity index (χ1n) is 7.93. The molecule has 0 aliphatic rings. The number of aryl methyl sites for hydroxylation is 1. The van der Waals surface area contributed by atoms with Gasteiger partial charge in [0.15, 0.2) is 11.5 Å². The molecule has 26 heavy (non-hydrogen) atoms. The number of aromatic nitrogens is 2. The van der Waals surface area contributed by atoms with Gasteiger partial charge in [-0.25, -0.2) is 10.4 Å². The highest BCUT2D eigenvalue weighted by atomic mass is 79.9. The van der Waals surface area contributed by atoms with E-state index in [0.29, 0.717) is 35.0 Å². The van der Waals surface area contributed by atoms with Crippen molar-refractivity contribution in [2.24, 2.45) is 5.10 Å². The molecule has 0 unspecified atom stereocenters. The zero-order chi connectivity index (χ0) is 18.7. The Hall–Kier alpha value is -2.87. The molecular formula is C18H17BrN4O3. The third kappa shape index (κ3) is 3.70. The second kappa shape index (κ2) is 7.57. The summed E-state index contributed by atoms with van der Waals surface area (Å²) in [6, 6.07) is 8.51. The standard InChI is InChI=1S/C18H17BrN4O3/c1-3-26-15-8-12(4-6-14(15)24)9-20-22-18(25)17-11(2)21-16-7-5-13(19)10-23(16)17/h4-10,24H,3H2,1-2H3,(H,22,25)/b20-9-. The van der Waals surface area contributed by atoms with E-state index in [-0.39, 0.29) is 11.7 Å². The van der Waals surface area contributed by atoms with E-state index in [9.17, 15) is 9.90 Å². The number of hydrogen-bond donors (Lipinski definition) is 2. The first-order valence-corrected chi connectivity index (χ1v) is 8.72. The van der Waals surface area contributed by atoms with Crippen molar-refractivity contribution in [2.75, 3.05) is 6.61 Å². The molecule has 134 valence electrons. The summed E-state index contributed by atoms with van der Waals surface area (Å²) < 4.78 is 7.87. The van der Waals surface area contributed by atoms with Crippen molar-refractivity contribution >= 4 is 33.7 Å². The zero-order valence-electron chi connectivity index (χ0n) is 14.2. The van der Waals surface area contributed by atoms with Gasteiger partial charge in [-0.15, -0.1) is 0 Å². The van der Waals surface area contributed by atoms with Crippen LogP contribution < -0.4 is 10.2 Å². The number of rotatable bonds is 5. The lowest BCUT2D eigenvalue weighted by Gasteiger charge is -2.06. The Morgan fingerprint density at radius 2 is 2.23 bits per heavy atom. The van der Waals surface area contributed by atoms with Gasteiger partial charge in [0.2, 0.25) is 0 Å². The van der Waals surface area contributed by atoms with E-state index >= 15 is 0 Å². The maximum Gasteiger partial charge on any atom is 0.290 e. The summed E-state index contributed by atoms with van der Waals surface area (Å²) in [6.45, 7) is 4.04. The second-order valence-corrected chi connectivity index (χ2v) is 6.40. The van der Waals surface area contributed by atoms with Crippen molar-refractivity contribution in [2.45, 2.75) is 13.8 Å². The fourth-order valence-electron chi connectivity index (χ4n) is 2.51. The van der Waals surface area contributed by atoms with Gasteiger partial charge in [0.05, 0.1) is 18.5 Å². The average Bonchev–Trinajstić information content (AvgIpc) is 2.93. The van der Waals surface area contributed by atoms with Crippen LogP contribution >= 0.6 is 15.9 Å². The molecule has 1 aromatic carbocycles. The number of halogens is 1. The molecule has 0 fully saturated rings. The minimum absolute atomic E-state index is 0.0555. The maximum atomic E-state index is 12.5. The van der Waals surface area contributed by atoms with Crippen LogP contribution in [0.25, 0.3) is 5.65 Å². The predicted molar refractivity (Wildman–Crippen MR) is 102 cm³/mol. The van der Waals surface area contributed by atoms with Crippen molar-refractivity contribution in [1.82, 2.24) is 14.8 Å². The van der Waals surface area contributed by atoms with Gasteiger partial charge in [-0.2, -0.15) is 5.10 Å². The van der Waals surface area contributed by atoms with E-state index in [4.69, 9.17) is 4.74 Å². The van der Waals surface area contributed by atoms with Crippen molar-refractivity contribution in [3.8, 4) is 11.5 Å². The molecule has 0 saturated heterocycles. The minimum Gasteiger partial charge on any atom is -0.504 e. The number of carbonyl (C=O) groups excluding carboxylic acids is 1. The van der Waals surface area contributed by atoms with E-state index in [1.54, 1.807) is 29.7 Å². The minimum atomic E-state index is -0.367. The Balaban J connectivity index is 1.79. The highest BCUT2D eigenvalue weighted by Crippen LogP contribution is 2.26. The summed E-state index contributed by atoms with van der Waals surface area (Å²) in [7, 11) is 0. The number of amides is 1. The molecule has 2 aromatic heterocycles. The molecule has 0 saturated carbocycles. The van der Waals surface area contributed by atoms with Crippen LogP contribution in [0.2, 0.25) is 0 Å². The molecule has 0 atom stereocenters. The third-order valence-electron chi connectivity index (χ3n) is 3.64. The molecule has 0 aliphatic heterocycles. The number of fused-ring (bicyclic) bond motifs is 1. The van der Waals surface area contributed by atoms with Crippen LogP contribution in [0.1, 0.15) is 28.7 Å². The summed E-state index contributed by atoms with van der Waals surface area (Å²) in [4.78, 5) is 16.9. The van der Waals surface area contributed by atoms with Gasteiger partial charge in [0.25, 0.3) is 5.91 Å². The number of ether oxygens (including phenoxy) is 1. The van der Waals surface area contributed by atoms with Gasteiger partial charge in [-0.1, -0.05) is 0 Å². The van der Waals surface area contributed by atoms with Crippen LogP contribution in [0.15, 0.2) is 46.1 Å². The summed E-state index contributed by atoms with van der Waals surface area (Å²) in [6.07, 6.45) is 3.26. The first kappa shape index (κ1) is 17.9. The van der Waals surface area contributed by atoms with E-state index in [1.165, 1.54) is 12.3 Å². The molecule has 8 heteroatoms. The van der Waals surface area contributed by atoms with Crippen molar-refractivity contribution in [1.29, 1.82) is 0 Å². The number of hydrazone groups is 1. The van der Waals surface area contributed by atoms with E-state index in [1.807, 2.05) is 19.1 Å². The topological polar surface area (TPSA) is 88.2 Å². The van der Waals surface area contributed by atoms with Crippen LogP contribution in [0.3, 0.4) is 0 Å². The molecule has 2 heterocycles. The number of pyridine rings is 1. The molecule has 0 radical (unpaired) electrons. The number of aromatic hydroxyl groups is 1. The maximum absolute atomic E-state index is 12.5. The molecule has 0 bridgehead atoms. The Morgan fingerprint density at radius 3 is 3.00 bits per heavy atom. The fraction of sp³-hybridized carbons (Fsp3) is 0.167. The monoisotopic (exact) mass is 416 g/mol. The van der Waals surface area contributed by atoms with Gasteiger partial charge in [0.1, 0.15) is 11.3 Å². The average molecular weight is 417 g/mol. The van der Waals surface area contributed by atoms with Gasteiger partial charge in [-0.3, -0.25) is 9.20 Å². The predicted octanol–water partition coefficient (Wildman–Crippen LogP) is 3.27. The number of carbonyl (C=O) groups is 1. The Labute approximate surface area is 158 Å².